The van der Waals surface area contributed by atoms with E-state index in [9.17, 15) is 82.1 Å². The van der Waals surface area contributed by atoms with Crippen LogP contribution in [0.2, 0.25) is 0 Å². The molecule has 1 aliphatic rings. The quantitative estimate of drug-likeness (QED) is 0.0216. The second-order valence-corrected chi connectivity index (χ2v) is 24.3. The van der Waals surface area contributed by atoms with Crippen LogP contribution in [0.5, 0.6) is 5.75 Å². The summed E-state index contributed by atoms with van der Waals surface area (Å²) >= 11 is 16.5. The maximum atomic E-state index is 14.4. The van der Waals surface area contributed by atoms with Crippen LogP contribution in [0.4, 0.5) is 0 Å². The fraction of sp³-hybridized carbons (Fsp3) is 0.586. The standard InChI is InChI=1S/C58H91N19O17S4/c1-29(67-56(91)43-9-6-18-77(43)57(92)38(20-31-22-64-28-66-31)72-54(89)41(26-97)75-55(90)40(25-96)74-48(83)33(61)14-15-44(62)79)47(82)73-39(24-95)49(84)65-23-46(81)68-34(7-2-4-16-59)50(85)69-35(8-3-5-17-60)51(86)70-36(19-30-10-12-32(78)13-11-30)52(87)71-37(21-45(63)80)53(88)76-42(27-98)58(93)94/h10-13,22,28-29,33-43,78,95-98H,2-9,14-21,23-27,59-61H2,1H3,(H2,62,79)(H2,63,80)(H,64,66)(H,65,84)(H,67,91)(H,68,81)(H,69,85)(H,70,86)(H,71,87)(H,72,89)(H,73,82)(H,74,83)(H,75,90)(H,76,88)(H,93,94)/t29-,33-,34-,35-,36-,37-,38-,39-,40-,41-,42-,43-/m0/s1. The Bertz CT molecular complexity index is 3070. The van der Waals surface area contributed by atoms with Crippen LogP contribution in [0.3, 0.4) is 0 Å². The van der Waals surface area contributed by atoms with Crippen molar-refractivity contribution in [2.24, 2.45) is 28.7 Å². The number of carboxylic acids is 1. The van der Waals surface area contributed by atoms with E-state index < -0.39 is 174 Å². The number of benzene rings is 1. The van der Waals surface area contributed by atoms with Gasteiger partial charge in [0.2, 0.25) is 82.7 Å². The average molecular weight is 1450 g/mol. The molecule has 0 saturated carbocycles. The highest BCUT2D eigenvalue weighted by atomic mass is 32.1. The third-order valence-corrected chi connectivity index (χ3v) is 16.6. The first-order valence-electron chi connectivity index (χ1n) is 31.3. The summed E-state index contributed by atoms with van der Waals surface area (Å²) in [5.41, 5.74) is 28.6. The van der Waals surface area contributed by atoms with Crippen molar-refractivity contribution in [1.29, 1.82) is 0 Å². The predicted octanol–water partition coefficient (Wildman–Crippen LogP) is -7.59. The largest absolute Gasteiger partial charge is 0.508 e. The molecule has 14 amide bonds. The second-order valence-electron chi connectivity index (χ2n) is 22.8. The monoisotopic (exact) mass is 1450 g/mol. The molecule has 2 heterocycles. The molecule has 0 bridgehead atoms. The molecule has 40 heteroatoms. The van der Waals surface area contributed by atoms with E-state index in [0.29, 0.717) is 30.5 Å². The van der Waals surface area contributed by atoms with Crippen molar-refractivity contribution in [3.05, 3.63) is 48.0 Å². The molecule has 1 aromatic heterocycles. The molecule has 1 fully saturated rings. The number of nitrogens with two attached hydrogens (primary N) is 5. The smallest absolute Gasteiger partial charge is 0.327 e. The molecule has 0 radical (unpaired) electrons. The highest BCUT2D eigenvalue weighted by Gasteiger charge is 2.41. The summed E-state index contributed by atoms with van der Waals surface area (Å²) in [7, 11) is 0. The highest BCUT2D eigenvalue weighted by molar-refractivity contribution is 7.80. The van der Waals surface area contributed by atoms with Gasteiger partial charge in [0.05, 0.1) is 25.3 Å². The summed E-state index contributed by atoms with van der Waals surface area (Å²) in [5.74, 6) is -15.2. The first-order chi connectivity index (χ1) is 46.5. The number of hydrogen-bond donors (Lipinski definition) is 23. The van der Waals surface area contributed by atoms with Gasteiger partial charge in [-0.2, -0.15) is 50.5 Å². The van der Waals surface area contributed by atoms with E-state index in [4.69, 9.17) is 28.7 Å². The van der Waals surface area contributed by atoms with Crippen LogP contribution in [0.1, 0.15) is 88.8 Å². The SMILES string of the molecule is C[C@H](NC(=O)[C@@H]1CCCN1C(=O)[C@H](Cc1cnc[nH]1)NC(=O)[C@H](CS)NC(=O)[C@H](CS)NC(=O)[C@@H](N)CCC(N)=O)C(=O)N[C@@H](CS)C(=O)NCC(=O)N[C@@H](CCCCN)C(=O)N[C@@H](CCCCN)C(=O)N[C@@H](Cc1ccc(O)cc1)C(=O)N[C@@H](CC(N)=O)C(=O)N[C@@H](CS)C(=O)O. The number of aromatic amines is 1. The molecule has 36 nitrogen and oxygen atoms in total. The second kappa shape index (κ2) is 43.8. The molecule has 98 heavy (non-hydrogen) atoms. The minimum Gasteiger partial charge on any atom is -0.508 e. The van der Waals surface area contributed by atoms with Gasteiger partial charge >= 0.3 is 5.97 Å². The van der Waals surface area contributed by atoms with Crippen LogP contribution < -0.4 is 87.2 Å². The molecule has 0 spiro atoms. The number of carboxylic acid groups (broad SMARTS) is 1. The fourth-order valence-electron chi connectivity index (χ4n) is 9.65. The number of rotatable bonds is 45. The number of phenolic OH excluding ortho intramolecular Hbond substituents is 1. The number of nitrogens with one attached hydrogen (secondary N) is 12. The Kier molecular flexibility index (Phi) is 37.4. The number of carbonyl (C=O) groups excluding carboxylic acids is 14. The normalized spacial score (nSPS) is 16.0. The van der Waals surface area contributed by atoms with E-state index in [1.54, 1.807) is 0 Å². The van der Waals surface area contributed by atoms with Gasteiger partial charge in [-0.3, -0.25) is 67.1 Å². The number of carbonyl (C=O) groups is 15. The van der Waals surface area contributed by atoms with Gasteiger partial charge in [-0.1, -0.05) is 12.1 Å². The van der Waals surface area contributed by atoms with E-state index in [1.165, 1.54) is 48.6 Å². The van der Waals surface area contributed by atoms with E-state index in [0.717, 1.165) is 0 Å². The summed E-state index contributed by atoms with van der Waals surface area (Å²) in [4.78, 5) is 207. The summed E-state index contributed by atoms with van der Waals surface area (Å²) in [6.45, 7) is 0.979. The van der Waals surface area contributed by atoms with Gasteiger partial charge in [0.15, 0.2) is 0 Å². The van der Waals surface area contributed by atoms with Crippen LogP contribution in [0, 0.1) is 0 Å². The van der Waals surface area contributed by atoms with Crippen molar-refractivity contribution < 1.29 is 82.1 Å². The molecular formula is C58H91N19O17S4. The molecule has 24 N–H and O–H groups in total. The van der Waals surface area contributed by atoms with Gasteiger partial charge in [0.25, 0.3) is 0 Å². The molecule has 1 aliphatic heterocycles. The van der Waals surface area contributed by atoms with Crippen LogP contribution in [-0.4, -0.2) is 235 Å². The molecule has 1 saturated heterocycles. The lowest BCUT2D eigenvalue weighted by molar-refractivity contribution is -0.142. The number of phenols is 1. The molecule has 1 aromatic carbocycles. The first-order valence-corrected chi connectivity index (χ1v) is 33.8. The number of primary amides is 2. The first kappa shape index (κ1) is 83.8. The summed E-state index contributed by atoms with van der Waals surface area (Å²) in [5, 5.41) is 46.5. The number of imidazole rings is 1. The number of likely N-dealkylation sites (tertiary alicyclic amines) is 1. The molecule has 12 atom stereocenters. The van der Waals surface area contributed by atoms with E-state index in [1.807, 2.05) is 0 Å². The molecular weight excluding hydrogens is 1360 g/mol. The Morgan fingerprint density at radius 1 is 0.571 bits per heavy atom. The summed E-state index contributed by atoms with van der Waals surface area (Å²) < 4.78 is 0. The van der Waals surface area contributed by atoms with Crippen molar-refractivity contribution >= 4 is 139 Å². The number of H-pyrrole nitrogens is 1. The molecule has 544 valence electrons. The lowest BCUT2D eigenvalue weighted by Gasteiger charge is -2.30. The van der Waals surface area contributed by atoms with Crippen LogP contribution in [0.25, 0.3) is 0 Å². The zero-order valence-corrected chi connectivity index (χ0v) is 57.4. The lowest BCUT2D eigenvalue weighted by Crippen LogP contribution is -2.60. The maximum absolute atomic E-state index is 14.4. The number of hydrogen-bond acceptors (Lipinski definition) is 24. The number of aromatic hydroxyl groups is 1. The lowest BCUT2D eigenvalue weighted by atomic mass is 10.0. The summed E-state index contributed by atoms with van der Waals surface area (Å²) in [6, 6.07) is -11.3. The van der Waals surface area contributed by atoms with Crippen molar-refractivity contribution in [2.45, 2.75) is 163 Å². The highest BCUT2D eigenvalue weighted by Crippen LogP contribution is 2.21. The van der Waals surface area contributed by atoms with Gasteiger partial charge in [-0.05, 0) is 95.5 Å². The van der Waals surface area contributed by atoms with Gasteiger partial charge in [-0.15, -0.1) is 0 Å². The Hall–Kier alpha value is -8.44. The Balaban J connectivity index is 1.72. The molecule has 2 aromatic rings. The fourth-order valence-corrected chi connectivity index (χ4v) is 10.7. The third kappa shape index (κ3) is 28.9. The minimum atomic E-state index is -1.73. The van der Waals surface area contributed by atoms with Crippen LogP contribution in [0.15, 0.2) is 36.8 Å². The number of nitrogens with zero attached hydrogens (tertiary/aromatic N) is 2. The van der Waals surface area contributed by atoms with Gasteiger partial charge in [-0.25, -0.2) is 9.78 Å². The molecule has 3 rings (SSSR count). The van der Waals surface area contributed by atoms with Gasteiger partial charge in [0.1, 0.15) is 72.2 Å². The number of amides is 14. The Morgan fingerprint density at radius 2 is 1.05 bits per heavy atom. The molecule has 0 unspecified atom stereocenters. The van der Waals surface area contributed by atoms with Crippen LogP contribution >= 0.6 is 50.5 Å². The van der Waals surface area contributed by atoms with Gasteiger partial charge in [0, 0.05) is 60.7 Å². The Labute approximate surface area is 586 Å². The van der Waals surface area contributed by atoms with Gasteiger partial charge < -0.3 is 107 Å². The summed E-state index contributed by atoms with van der Waals surface area (Å²) in [6.07, 6.45) is 2.89. The van der Waals surface area contributed by atoms with E-state index in [2.05, 4.69) is 119 Å². The third-order valence-electron chi connectivity index (χ3n) is 15.1. The molecule has 0 aliphatic carbocycles. The van der Waals surface area contributed by atoms with Crippen molar-refractivity contribution in [2.75, 3.05) is 49.2 Å². The maximum Gasteiger partial charge on any atom is 0.327 e. The average Bonchev–Trinajstić information content (AvgIpc) is 1.58. The zero-order chi connectivity index (χ0) is 73.2. The van der Waals surface area contributed by atoms with E-state index in [-0.39, 0.29) is 106 Å². The zero-order valence-electron chi connectivity index (χ0n) is 53.8. The topological polar surface area (TPSA) is 591 Å². The Morgan fingerprint density at radius 3 is 1.58 bits per heavy atom. The number of aliphatic carboxylic acids is 1. The number of thiol groups is 4. The van der Waals surface area contributed by atoms with Crippen molar-refractivity contribution in [1.82, 2.24) is 73.4 Å². The predicted molar refractivity (Wildman–Crippen MR) is 366 cm³/mol. The number of aromatic nitrogens is 2. The van der Waals surface area contributed by atoms with E-state index >= 15 is 0 Å². The van der Waals surface area contributed by atoms with Crippen LogP contribution in [-0.2, 0) is 84.8 Å². The number of unbranched alkanes of at least 4 members (excludes halogenated alkanes) is 2. The minimum absolute atomic E-state index is 0.0281. The van der Waals surface area contributed by atoms with Crippen molar-refractivity contribution in [3.63, 3.8) is 0 Å². The van der Waals surface area contributed by atoms with Crippen molar-refractivity contribution in [3.8, 4) is 5.75 Å².